The molecule has 0 atom stereocenters. The van der Waals surface area contributed by atoms with Gasteiger partial charge in [0.1, 0.15) is 5.75 Å². The van der Waals surface area contributed by atoms with Crippen molar-refractivity contribution in [1.82, 2.24) is 0 Å². The highest BCUT2D eigenvalue weighted by Crippen LogP contribution is 2.26. The van der Waals surface area contributed by atoms with Crippen molar-refractivity contribution in [1.29, 1.82) is 0 Å². The van der Waals surface area contributed by atoms with Crippen molar-refractivity contribution in [2.24, 2.45) is 0 Å². The van der Waals surface area contributed by atoms with Gasteiger partial charge in [0.15, 0.2) is 0 Å². The van der Waals surface area contributed by atoms with Gasteiger partial charge >= 0.3 is 0 Å². The maximum atomic E-state index is 5.99. The summed E-state index contributed by atoms with van der Waals surface area (Å²) < 4.78 is 5.99. The first-order chi connectivity index (χ1) is 7.25. The van der Waals surface area contributed by atoms with Crippen LogP contribution in [0.15, 0.2) is 18.2 Å². The molecule has 0 amide bonds. The molecule has 1 aliphatic carbocycles. The molecule has 2 heteroatoms. The number of aryl methyl sites for hydroxylation is 1. The van der Waals surface area contributed by atoms with Crippen LogP contribution in [0.4, 0.5) is 5.69 Å². The lowest BCUT2D eigenvalue weighted by atomic mass is 9.98. The third-order valence-electron chi connectivity index (χ3n) is 3.04. The van der Waals surface area contributed by atoms with Crippen LogP contribution >= 0.6 is 0 Å². The van der Waals surface area contributed by atoms with E-state index in [1.165, 1.54) is 32.1 Å². The minimum atomic E-state index is 0.418. The highest BCUT2D eigenvalue weighted by Gasteiger charge is 2.15. The maximum Gasteiger partial charge on any atom is 0.122 e. The molecule has 0 radical (unpaired) electrons. The molecule has 0 aromatic heterocycles. The highest BCUT2D eigenvalue weighted by molar-refractivity contribution is 5.47. The van der Waals surface area contributed by atoms with Crippen molar-refractivity contribution in [3.05, 3.63) is 23.8 Å². The third kappa shape index (κ3) is 2.65. The van der Waals surface area contributed by atoms with E-state index >= 15 is 0 Å². The first-order valence-corrected chi connectivity index (χ1v) is 5.78. The van der Waals surface area contributed by atoms with Gasteiger partial charge in [-0.1, -0.05) is 6.42 Å². The minimum absolute atomic E-state index is 0.418. The predicted molar refractivity (Wildman–Crippen MR) is 63.1 cm³/mol. The summed E-state index contributed by atoms with van der Waals surface area (Å²) in [5.41, 5.74) is 7.65. The Morgan fingerprint density at radius 1 is 1.20 bits per heavy atom. The Labute approximate surface area is 91.4 Å². The molecule has 0 heterocycles. The van der Waals surface area contributed by atoms with Crippen molar-refractivity contribution < 1.29 is 4.74 Å². The summed E-state index contributed by atoms with van der Waals surface area (Å²) in [5, 5.41) is 0. The fourth-order valence-electron chi connectivity index (χ4n) is 2.17. The first kappa shape index (κ1) is 10.3. The lowest BCUT2D eigenvalue weighted by Crippen LogP contribution is -2.20. The topological polar surface area (TPSA) is 35.2 Å². The summed E-state index contributed by atoms with van der Waals surface area (Å²) in [7, 11) is 0. The molecule has 0 unspecified atom stereocenters. The Bertz CT molecular complexity index is 329. The number of nitrogens with two attached hydrogens (primary N) is 1. The summed E-state index contributed by atoms with van der Waals surface area (Å²) in [5.74, 6) is 0.996. The van der Waals surface area contributed by atoms with Gasteiger partial charge in [0.25, 0.3) is 0 Å². The largest absolute Gasteiger partial charge is 0.490 e. The molecule has 1 fully saturated rings. The van der Waals surface area contributed by atoms with Crippen LogP contribution in [0, 0.1) is 6.92 Å². The number of hydrogen-bond acceptors (Lipinski definition) is 2. The smallest absolute Gasteiger partial charge is 0.122 e. The van der Waals surface area contributed by atoms with Crippen LogP contribution in [0.5, 0.6) is 5.75 Å². The van der Waals surface area contributed by atoms with E-state index in [4.69, 9.17) is 10.5 Å². The van der Waals surface area contributed by atoms with Crippen molar-refractivity contribution in [3.63, 3.8) is 0 Å². The molecule has 82 valence electrons. The zero-order valence-corrected chi connectivity index (χ0v) is 9.33. The lowest BCUT2D eigenvalue weighted by Gasteiger charge is -2.23. The second-order valence-electron chi connectivity index (χ2n) is 4.40. The molecule has 1 saturated carbocycles. The minimum Gasteiger partial charge on any atom is -0.490 e. The molecule has 0 saturated heterocycles. The molecular weight excluding hydrogens is 186 g/mol. The second kappa shape index (κ2) is 4.56. The highest BCUT2D eigenvalue weighted by atomic mass is 16.5. The van der Waals surface area contributed by atoms with Crippen molar-refractivity contribution in [2.75, 3.05) is 5.73 Å². The molecule has 15 heavy (non-hydrogen) atoms. The number of anilines is 1. The fourth-order valence-corrected chi connectivity index (χ4v) is 2.17. The van der Waals surface area contributed by atoms with Crippen LogP contribution in [-0.4, -0.2) is 6.10 Å². The van der Waals surface area contributed by atoms with Crippen molar-refractivity contribution in [3.8, 4) is 5.75 Å². The summed E-state index contributed by atoms with van der Waals surface area (Å²) in [6.07, 6.45) is 6.78. The molecule has 0 spiro atoms. The number of benzene rings is 1. The van der Waals surface area contributed by atoms with E-state index in [2.05, 4.69) is 6.92 Å². The standard InChI is InChI=1S/C13H19NO/c1-10-9-11(14)7-8-13(10)15-12-5-3-2-4-6-12/h7-9,12H,2-6,14H2,1H3. The Morgan fingerprint density at radius 2 is 1.93 bits per heavy atom. The van der Waals surface area contributed by atoms with E-state index < -0.39 is 0 Å². The predicted octanol–water partition coefficient (Wildman–Crippen LogP) is 3.29. The van der Waals surface area contributed by atoms with Gasteiger partial charge in [-0.15, -0.1) is 0 Å². The van der Waals surface area contributed by atoms with Crippen LogP contribution in [0.1, 0.15) is 37.7 Å². The van der Waals surface area contributed by atoms with E-state index in [9.17, 15) is 0 Å². The fraction of sp³-hybridized carbons (Fsp3) is 0.538. The van der Waals surface area contributed by atoms with Gasteiger partial charge in [0.2, 0.25) is 0 Å². The Morgan fingerprint density at radius 3 is 2.60 bits per heavy atom. The average Bonchev–Trinajstić information content (AvgIpc) is 2.24. The summed E-state index contributed by atoms with van der Waals surface area (Å²) >= 11 is 0. The van der Waals surface area contributed by atoms with Crippen LogP contribution in [0.2, 0.25) is 0 Å². The molecule has 1 aromatic rings. The molecule has 2 rings (SSSR count). The van der Waals surface area contributed by atoms with E-state index in [1.54, 1.807) is 0 Å². The first-order valence-electron chi connectivity index (χ1n) is 5.78. The maximum absolute atomic E-state index is 5.99. The van der Waals surface area contributed by atoms with Gasteiger partial charge in [0.05, 0.1) is 6.10 Å². The number of nitrogen functional groups attached to an aromatic ring is 1. The van der Waals surface area contributed by atoms with Crippen LogP contribution < -0.4 is 10.5 Å². The van der Waals surface area contributed by atoms with Gasteiger partial charge in [0, 0.05) is 5.69 Å². The summed E-state index contributed by atoms with van der Waals surface area (Å²) in [4.78, 5) is 0. The Kier molecular flexibility index (Phi) is 3.14. The van der Waals surface area contributed by atoms with Crippen molar-refractivity contribution >= 4 is 5.69 Å². The second-order valence-corrected chi connectivity index (χ2v) is 4.40. The Hall–Kier alpha value is -1.18. The number of hydrogen-bond donors (Lipinski definition) is 1. The molecule has 0 bridgehead atoms. The number of rotatable bonds is 2. The number of ether oxygens (including phenoxy) is 1. The van der Waals surface area contributed by atoms with Gasteiger partial charge < -0.3 is 10.5 Å². The summed E-state index contributed by atoms with van der Waals surface area (Å²) in [6, 6.07) is 5.86. The summed E-state index contributed by atoms with van der Waals surface area (Å²) in [6.45, 7) is 2.05. The van der Waals surface area contributed by atoms with E-state index in [0.29, 0.717) is 6.10 Å². The van der Waals surface area contributed by atoms with Crippen LogP contribution in [0.25, 0.3) is 0 Å². The molecule has 2 N–H and O–H groups in total. The zero-order valence-electron chi connectivity index (χ0n) is 9.33. The quantitative estimate of drug-likeness (QED) is 0.752. The van der Waals surface area contributed by atoms with Gasteiger partial charge in [-0.25, -0.2) is 0 Å². The lowest BCUT2D eigenvalue weighted by molar-refractivity contribution is 0.154. The van der Waals surface area contributed by atoms with Gasteiger partial charge in [-0.2, -0.15) is 0 Å². The Balaban J connectivity index is 2.03. The van der Waals surface area contributed by atoms with Crippen LogP contribution in [-0.2, 0) is 0 Å². The normalized spacial score (nSPS) is 17.7. The molecule has 1 aliphatic rings. The van der Waals surface area contributed by atoms with E-state index in [0.717, 1.165) is 17.0 Å². The third-order valence-corrected chi connectivity index (χ3v) is 3.04. The van der Waals surface area contributed by atoms with Gasteiger partial charge in [-0.3, -0.25) is 0 Å². The zero-order chi connectivity index (χ0) is 10.7. The van der Waals surface area contributed by atoms with Gasteiger partial charge in [-0.05, 0) is 56.4 Å². The van der Waals surface area contributed by atoms with Crippen LogP contribution in [0.3, 0.4) is 0 Å². The SMILES string of the molecule is Cc1cc(N)ccc1OC1CCCCC1. The monoisotopic (exact) mass is 205 g/mol. The molecule has 2 nitrogen and oxygen atoms in total. The van der Waals surface area contributed by atoms with Crippen molar-refractivity contribution in [2.45, 2.75) is 45.1 Å². The molecule has 0 aliphatic heterocycles. The molecule has 1 aromatic carbocycles. The van der Waals surface area contributed by atoms with E-state index in [-0.39, 0.29) is 0 Å². The van der Waals surface area contributed by atoms with E-state index in [1.807, 2.05) is 18.2 Å². The average molecular weight is 205 g/mol. The molecular formula is C13H19NO.